The molecule has 0 aliphatic carbocycles. The molecule has 0 unspecified atom stereocenters. The van der Waals surface area contributed by atoms with Crippen LogP contribution < -0.4 is 15.8 Å². The number of para-hydroxylation sites is 1. The number of hydrogen-bond acceptors (Lipinski definition) is 7. The molecule has 1 heterocycles. The lowest BCUT2D eigenvalue weighted by Crippen LogP contribution is -2.08. The van der Waals surface area contributed by atoms with Crippen LogP contribution >= 0.6 is 22.9 Å². The monoisotopic (exact) mass is 512 g/mol. The highest BCUT2D eigenvalue weighted by atomic mass is 35.5. The third-order valence-corrected chi connectivity index (χ3v) is 8.58. The van der Waals surface area contributed by atoms with Crippen molar-refractivity contribution in [2.45, 2.75) is 16.7 Å². The Bertz CT molecular complexity index is 1480. The Morgan fingerprint density at radius 3 is 2.41 bits per heavy atom. The first-order valence-electron chi connectivity index (χ1n) is 10.2. The second kappa shape index (κ2) is 9.50. The zero-order valence-corrected chi connectivity index (χ0v) is 20.7. The number of thiophene rings is 1. The smallest absolute Gasteiger partial charge is 0.211 e. The molecule has 3 aromatic carbocycles. The molecule has 0 radical (unpaired) electrons. The summed E-state index contributed by atoms with van der Waals surface area (Å²) in [7, 11) is -2.57. The zero-order valence-electron chi connectivity index (χ0n) is 18.3. The van der Waals surface area contributed by atoms with Gasteiger partial charge in [-0.15, -0.1) is 11.3 Å². The van der Waals surface area contributed by atoms with Crippen molar-refractivity contribution in [1.29, 1.82) is 0 Å². The van der Waals surface area contributed by atoms with Crippen LogP contribution in [0.4, 0.5) is 16.4 Å². The number of sulfone groups is 1. The van der Waals surface area contributed by atoms with Crippen molar-refractivity contribution in [3.05, 3.63) is 93.8 Å². The second-order valence-electron chi connectivity index (χ2n) is 7.46. The van der Waals surface area contributed by atoms with E-state index in [1.807, 2.05) is 31.2 Å². The average molecular weight is 513 g/mol. The van der Waals surface area contributed by atoms with Gasteiger partial charge in [-0.3, -0.25) is 4.79 Å². The largest absolute Gasteiger partial charge is 0.497 e. The molecule has 174 valence electrons. The van der Waals surface area contributed by atoms with Gasteiger partial charge in [0.1, 0.15) is 20.5 Å². The van der Waals surface area contributed by atoms with Crippen molar-refractivity contribution < 1.29 is 17.9 Å². The Kier molecular flexibility index (Phi) is 6.65. The van der Waals surface area contributed by atoms with Crippen LogP contribution in [0.25, 0.3) is 0 Å². The second-order valence-corrected chi connectivity index (χ2v) is 10.8. The maximum atomic E-state index is 13.6. The van der Waals surface area contributed by atoms with E-state index in [1.54, 1.807) is 24.3 Å². The van der Waals surface area contributed by atoms with Crippen molar-refractivity contribution >= 4 is 54.9 Å². The van der Waals surface area contributed by atoms with Gasteiger partial charge in [0, 0.05) is 16.3 Å². The number of nitrogens with two attached hydrogens (primary N) is 1. The van der Waals surface area contributed by atoms with E-state index in [1.165, 1.54) is 31.4 Å². The Morgan fingerprint density at radius 2 is 1.74 bits per heavy atom. The van der Waals surface area contributed by atoms with Crippen LogP contribution in [0.1, 0.15) is 20.8 Å². The summed E-state index contributed by atoms with van der Waals surface area (Å²) in [6.07, 6.45) is 0. The molecule has 0 amide bonds. The van der Waals surface area contributed by atoms with Crippen LogP contribution in [-0.2, 0) is 9.84 Å². The summed E-state index contributed by atoms with van der Waals surface area (Å²) in [5, 5.41) is 3.84. The minimum absolute atomic E-state index is 0.0228. The number of carbonyl (C=O) groups is 1. The summed E-state index contributed by atoms with van der Waals surface area (Å²) < 4.78 is 32.5. The number of rotatable bonds is 7. The zero-order chi connectivity index (χ0) is 24.5. The summed E-state index contributed by atoms with van der Waals surface area (Å²) in [5.74, 6) is 0.111. The van der Waals surface area contributed by atoms with Gasteiger partial charge in [0.2, 0.25) is 15.6 Å². The molecule has 3 N–H and O–H groups in total. The number of ketones is 1. The van der Waals surface area contributed by atoms with Crippen molar-refractivity contribution in [3.8, 4) is 5.75 Å². The van der Waals surface area contributed by atoms with Crippen molar-refractivity contribution in [3.63, 3.8) is 0 Å². The summed E-state index contributed by atoms with van der Waals surface area (Å²) in [6, 6.07) is 19.9. The molecule has 4 rings (SSSR count). The molecular formula is C25H21ClN2O4S2. The molecule has 0 fully saturated rings. The Balaban J connectivity index is 1.89. The van der Waals surface area contributed by atoms with Gasteiger partial charge < -0.3 is 15.8 Å². The number of ether oxygens (including phenoxy) is 1. The van der Waals surface area contributed by atoms with E-state index in [4.69, 9.17) is 22.1 Å². The van der Waals surface area contributed by atoms with Crippen molar-refractivity contribution in [2.24, 2.45) is 0 Å². The van der Waals surface area contributed by atoms with Gasteiger partial charge in [-0.25, -0.2) is 8.42 Å². The number of nitrogens with one attached hydrogen (secondary N) is 1. The van der Waals surface area contributed by atoms with Gasteiger partial charge in [-0.1, -0.05) is 41.9 Å². The maximum Gasteiger partial charge on any atom is 0.211 e. The van der Waals surface area contributed by atoms with Gasteiger partial charge in [0.15, 0.2) is 0 Å². The molecule has 0 aliphatic heterocycles. The number of carbonyl (C=O) groups excluding carboxylic acids is 1. The molecule has 34 heavy (non-hydrogen) atoms. The quantitative estimate of drug-likeness (QED) is 0.290. The molecule has 1 aromatic heterocycles. The standard InChI is InChI=1S/C25H21ClN2O4S2/c1-15-6-3-4-9-20(15)28-25-24(34(30,31)19-12-10-17(26)11-13-19)21(27)23(33-25)22(29)16-7-5-8-18(14-16)32-2/h3-14,28H,27H2,1-2H3. The van der Waals surface area contributed by atoms with Crippen molar-refractivity contribution in [1.82, 2.24) is 0 Å². The fraction of sp³-hybridized carbons (Fsp3) is 0.0800. The molecule has 0 saturated carbocycles. The lowest BCUT2D eigenvalue weighted by Gasteiger charge is -2.11. The molecule has 6 nitrogen and oxygen atoms in total. The van der Waals surface area contributed by atoms with Crippen LogP contribution in [0.3, 0.4) is 0 Å². The van der Waals surface area contributed by atoms with E-state index in [2.05, 4.69) is 5.32 Å². The first-order chi connectivity index (χ1) is 16.2. The number of nitrogen functional groups attached to an aromatic ring is 1. The number of halogens is 1. The number of benzene rings is 3. The van der Waals surface area contributed by atoms with Crippen LogP contribution in [-0.4, -0.2) is 21.3 Å². The van der Waals surface area contributed by atoms with E-state index in [0.717, 1.165) is 16.9 Å². The number of hydrogen-bond donors (Lipinski definition) is 2. The molecule has 0 atom stereocenters. The van der Waals surface area contributed by atoms with Crippen LogP contribution in [0.15, 0.2) is 82.6 Å². The lowest BCUT2D eigenvalue weighted by atomic mass is 10.1. The molecular weight excluding hydrogens is 492 g/mol. The first kappa shape index (κ1) is 23.8. The predicted molar refractivity (Wildman–Crippen MR) is 137 cm³/mol. The van der Waals surface area contributed by atoms with Crippen LogP contribution in [0, 0.1) is 6.92 Å². The van der Waals surface area contributed by atoms with Gasteiger partial charge in [0.25, 0.3) is 0 Å². The van der Waals surface area contributed by atoms with Gasteiger partial charge in [0.05, 0.1) is 17.7 Å². The molecule has 0 bridgehead atoms. The molecule has 0 saturated heterocycles. The molecule has 9 heteroatoms. The summed E-state index contributed by atoms with van der Waals surface area (Å²) in [4.78, 5) is 13.4. The Hall–Kier alpha value is -3.33. The highest BCUT2D eigenvalue weighted by molar-refractivity contribution is 7.92. The summed E-state index contributed by atoms with van der Waals surface area (Å²) in [5.41, 5.74) is 8.21. The number of anilines is 3. The first-order valence-corrected chi connectivity index (χ1v) is 12.8. The summed E-state index contributed by atoms with van der Waals surface area (Å²) >= 11 is 6.95. The van der Waals surface area contributed by atoms with E-state index in [9.17, 15) is 13.2 Å². The number of aryl methyl sites for hydroxylation is 1. The predicted octanol–water partition coefficient (Wildman–Crippen LogP) is 6.11. The van der Waals surface area contributed by atoms with Crippen molar-refractivity contribution in [2.75, 3.05) is 18.2 Å². The molecule has 4 aromatic rings. The van der Waals surface area contributed by atoms with Crippen LogP contribution in [0.2, 0.25) is 5.02 Å². The van der Waals surface area contributed by atoms with Gasteiger partial charge in [-0.2, -0.15) is 0 Å². The van der Waals surface area contributed by atoms with E-state index in [-0.39, 0.29) is 25.4 Å². The highest BCUT2D eigenvalue weighted by Crippen LogP contribution is 2.44. The highest BCUT2D eigenvalue weighted by Gasteiger charge is 2.32. The third kappa shape index (κ3) is 4.52. The van der Waals surface area contributed by atoms with Gasteiger partial charge in [-0.05, 0) is 55.0 Å². The normalized spacial score (nSPS) is 11.3. The van der Waals surface area contributed by atoms with E-state index in [0.29, 0.717) is 22.0 Å². The maximum absolute atomic E-state index is 13.6. The fourth-order valence-electron chi connectivity index (χ4n) is 3.41. The molecule has 0 spiro atoms. The SMILES string of the molecule is COc1cccc(C(=O)c2sc(Nc3ccccc3C)c(S(=O)(=O)c3ccc(Cl)cc3)c2N)c1. The Morgan fingerprint density at radius 1 is 1.03 bits per heavy atom. The average Bonchev–Trinajstić information content (AvgIpc) is 3.16. The van der Waals surface area contributed by atoms with Crippen LogP contribution in [0.5, 0.6) is 5.75 Å². The lowest BCUT2D eigenvalue weighted by molar-refractivity contribution is 0.104. The topological polar surface area (TPSA) is 98.5 Å². The van der Waals surface area contributed by atoms with E-state index < -0.39 is 15.6 Å². The van der Waals surface area contributed by atoms with Gasteiger partial charge >= 0.3 is 0 Å². The number of methoxy groups -OCH3 is 1. The Labute approximate surface area is 206 Å². The summed E-state index contributed by atoms with van der Waals surface area (Å²) in [6.45, 7) is 1.90. The molecule has 0 aliphatic rings. The fourth-order valence-corrected chi connectivity index (χ4v) is 6.46. The minimum atomic E-state index is -4.07. The minimum Gasteiger partial charge on any atom is -0.497 e. The third-order valence-electron chi connectivity index (χ3n) is 5.22. The van der Waals surface area contributed by atoms with E-state index >= 15 is 0 Å².